The normalized spacial score (nSPS) is 18.6. The van der Waals surface area contributed by atoms with Crippen molar-refractivity contribution in [1.29, 1.82) is 0 Å². The van der Waals surface area contributed by atoms with Crippen molar-refractivity contribution in [3.8, 4) is 0 Å². The average Bonchev–Trinajstić information content (AvgIpc) is 2.43. The Labute approximate surface area is 132 Å². The van der Waals surface area contributed by atoms with Gasteiger partial charge in [0, 0.05) is 36.1 Å². The van der Waals surface area contributed by atoms with Crippen molar-refractivity contribution in [2.45, 2.75) is 57.1 Å². The van der Waals surface area contributed by atoms with E-state index in [1.807, 2.05) is 6.07 Å². The third-order valence-corrected chi connectivity index (χ3v) is 5.27. The maximum atomic E-state index is 13.8. The van der Waals surface area contributed by atoms with Crippen LogP contribution >= 0.6 is 11.8 Å². The summed E-state index contributed by atoms with van der Waals surface area (Å²) < 4.78 is 13.8. The predicted molar refractivity (Wildman–Crippen MR) is 89.5 cm³/mol. The van der Waals surface area contributed by atoms with E-state index < -0.39 is 0 Å². The van der Waals surface area contributed by atoms with Crippen LogP contribution in [0.4, 0.5) is 4.39 Å². The minimum absolute atomic E-state index is 0.0741. The third-order valence-electron chi connectivity index (χ3n) is 4.11. The molecule has 0 aromatic heterocycles. The van der Waals surface area contributed by atoms with Crippen molar-refractivity contribution in [2.24, 2.45) is 0 Å². The number of halogens is 1. The third kappa shape index (κ3) is 4.21. The summed E-state index contributed by atoms with van der Waals surface area (Å²) in [6.45, 7) is 10.9. The fraction of sp³-hybridized carbons (Fsp3) is 0.647. The van der Waals surface area contributed by atoms with Crippen molar-refractivity contribution in [3.05, 3.63) is 29.6 Å². The minimum Gasteiger partial charge on any atom is -0.309 e. The topological polar surface area (TPSA) is 15.3 Å². The Bertz CT molecular complexity index is 454. The van der Waals surface area contributed by atoms with Crippen molar-refractivity contribution in [2.75, 3.05) is 18.8 Å². The molecule has 1 atom stereocenters. The van der Waals surface area contributed by atoms with E-state index >= 15 is 0 Å². The minimum atomic E-state index is -0.0741. The second kappa shape index (κ2) is 7.61. The summed E-state index contributed by atoms with van der Waals surface area (Å²) in [5, 5.41) is 3.62. The van der Waals surface area contributed by atoms with E-state index in [0.717, 1.165) is 35.7 Å². The van der Waals surface area contributed by atoms with E-state index in [-0.39, 0.29) is 11.9 Å². The van der Waals surface area contributed by atoms with E-state index in [2.05, 4.69) is 44.0 Å². The number of rotatable bonds is 6. The van der Waals surface area contributed by atoms with Gasteiger partial charge in [0.1, 0.15) is 5.82 Å². The molecule has 1 N–H and O–H groups in total. The molecule has 1 aromatic rings. The second-order valence-corrected chi connectivity index (χ2v) is 7.33. The van der Waals surface area contributed by atoms with E-state index in [4.69, 9.17) is 0 Å². The summed E-state index contributed by atoms with van der Waals surface area (Å²) >= 11 is 1.64. The van der Waals surface area contributed by atoms with E-state index in [1.54, 1.807) is 17.8 Å². The number of benzene rings is 1. The van der Waals surface area contributed by atoms with Crippen LogP contribution < -0.4 is 5.32 Å². The smallest absolute Gasteiger partial charge is 0.137 e. The average molecular weight is 310 g/mol. The lowest BCUT2D eigenvalue weighted by Gasteiger charge is -2.32. The molecule has 0 saturated heterocycles. The van der Waals surface area contributed by atoms with Gasteiger partial charge in [0.15, 0.2) is 0 Å². The first-order valence-corrected chi connectivity index (χ1v) is 8.89. The maximum Gasteiger partial charge on any atom is 0.137 e. The van der Waals surface area contributed by atoms with Gasteiger partial charge in [0.05, 0.1) is 0 Å². The van der Waals surface area contributed by atoms with Crippen LogP contribution in [0.25, 0.3) is 0 Å². The SMILES string of the molecule is CC(C)N(CCNC1CCSc2c(F)cccc21)C(C)C. The molecule has 0 amide bonds. The molecule has 1 heterocycles. The van der Waals surface area contributed by atoms with E-state index in [0.29, 0.717) is 12.1 Å². The largest absolute Gasteiger partial charge is 0.309 e. The van der Waals surface area contributed by atoms with Gasteiger partial charge in [-0.25, -0.2) is 4.39 Å². The molecule has 0 aliphatic carbocycles. The molecule has 1 aromatic carbocycles. The van der Waals surface area contributed by atoms with Crippen molar-refractivity contribution >= 4 is 11.8 Å². The summed E-state index contributed by atoms with van der Waals surface area (Å²) in [6.07, 6.45) is 1.07. The van der Waals surface area contributed by atoms with Crippen LogP contribution in [-0.2, 0) is 0 Å². The van der Waals surface area contributed by atoms with E-state index in [9.17, 15) is 4.39 Å². The van der Waals surface area contributed by atoms with Crippen LogP contribution in [-0.4, -0.2) is 35.8 Å². The highest BCUT2D eigenvalue weighted by molar-refractivity contribution is 7.99. The Morgan fingerprint density at radius 1 is 1.29 bits per heavy atom. The zero-order chi connectivity index (χ0) is 15.4. The lowest BCUT2D eigenvalue weighted by Crippen LogP contribution is -2.42. The van der Waals surface area contributed by atoms with Gasteiger partial charge >= 0.3 is 0 Å². The number of thioether (sulfide) groups is 1. The molecule has 118 valence electrons. The molecule has 1 aliphatic rings. The molecular formula is C17H27FN2S. The molecule has 0 radical (unpaired) electrons. The van der Waals surface area contributed by atoms with E-state index in [1.165, 1.54) is 0 Å². The fourth-order valence-electron chi connectivity index (χ4n) is 3.08. The number of nitrogens with zero attached hydrogens (tertiary/aromatic N) is 1. The number of nitrogens with one attached hydrogen (secondary N) is 1. The van der Waals surface area contributed by atoms with Crippen LogP contribution in [0.3, 0.4) is 0 Å². The van der Waals surface area contributed by atoms with Crippen LogP contribution in [0.15, 0.2) is 23.1 Å². The summed E-state index contributed by atoms with van der Waals surface area (Å²) in [5.41, 5.74) is 1.13. The monoisotopic (exact) mass is 310 g/mol. The highest BCUT2D eigenvalue weighted by atomic mass is 32.2. The van der Waals surface area contributed by atoms with Gasteiger partial charge in [-0.15, -0.1) is 11.8 Å². The number of hydrogen-bond acceptors (Lipinski definition) is 3. The first-order valence-electron chi connectivity index (χ1n) is 7.91. The molecule has 0 bridgehead atoms. The molecule has 0 spiro atoms. The second-order valence-electron chi connectivity index (χ2n) is 6.23. The standard InChI is InChI=1S/C17H27FN2S/c1-12(2)20(13(3)4)10-9-19-16-8-11-21-17-14(16)6-5-7-15(17)18/h5-7,12-13,16,19H,8-11H2,1-4H3. The summed E-state index contributed by atoms with van der Waals surface area (Å²) in [6, 6.07) is 6.84. The molecule has 2 nitrogen and oxygen atoms in total. The molecule has 2 rings (SSSR count). The summed E-state index contributed by atoms with van der Waals surface area (Å²) in [7, 11) is 0. The van der Waals surface area contributed by atoms with Gasteiger partial charge in [-0.3, -0.25) is 4.90 Å². The Balaban J connectivity index is 1.95. The highest BCUT2D eigenvalue weighted by Gasteiger charge is 2.23. The van der Waals surface area contributed by atoms with Gasteiger partial charge in [0.2, 0.25) is 0 Å². The Morgan fingerprint density at radius 2 is 2.00 bits per heavy atom. The van der Waals surface area contributed by atoms with Gasteiger partial charge in [-0.05, 0) is 51.5 Å². The van der Waals surface area contributed by atoms with Gasteiger partial charge in [-0.1, -0.05) is 12.1 Å². The summed E-state index contributed by atoms with van der Waals surface area (Å²) in [5.74, 6) is 0.916. The quantitative estimate of drug-likeness (QED) is 0.852. The zero-order valence-corrected chi connectivity index (χ0v) is 14.3. The fourth-order valence-corrected chi connectivity index (χ4v) is 4.22. The first-order chi connectivity index (χ1) is 10.0. The van der Waals surface area contributed by atoms with Crippen LogP contribution in [0.1, 0.15) is 45.7 Å². The highest BCUT2D eigenvalue weighted by Crippen LogP contribution is 2.37. The molecule has 0 fully saturated rings. The van der Waals surface area contributed by atoms with Gasteiger partial charge in [0.25, 0.3) is 0 Å². The van der Waals surface area contributed by atoms with Crippen molar-refractivity contribution < 1.29 is 4.39 Å². The van der Waals surface area contributed by atoms with Crippen LogP contribution in [0, 0.1) is 5.82 Å². The Morgan fingerprint density at radius 3 is 2.67 bits per heavy atom. The molecular weight excluding hydrogens is 283 g/mol. The lowest BCUT2D eigenvalue weighted by molar-refractivity contribution is 0.173. The number of fused-ring (bicyclic) bond motifs is 1. The molecule has 0 saturated carbocycles. The predicted octanol–water partition coefficient (Wildman–Crippen LogP) is 4.07. The van der Waals surface area contributed by atoms with Crippen LogP contribution in [0.2, 0.25) is 0 Å². The van der Waals surface area contributed by atoms with Crippen molar-refractivity contribution in [3.63, 3.8) is 0 Å². The Kier molecular flexibility index (Phi) is 6.08. The zero-order valence-electron chi connectivity index (χ0n) is 13.5. The molecule has 1 aliphatic heterocycles. The number of hydrogen-bond donors (Lipinski definition) is 1. The maximum absolute atomic E-state index is 13.8. The van der Waals surface area contributed by atoms with Crippen molar-refractivity contribution in [1.82, 2.24) is 10.2 Å². The lowest BCUT2D eigenvalue weighted by atomic mass is 10.0. The molecule has 4 heteroatoms. The first kappa shape index (κ1) is 16.8. The van der Waals surface area contributed by atoms with Gasteiger partial charge in [-0.2, -0.15) is 0 Å². The Hall–Kier alpha value is -0.580. The molecule has 1 unspecified atom stereocenters. The summed E-state index contributed by atoms with van der Waals surface area (Å²) in [4.78, 5) is 3.32. The van der Waals surface area contributed by atoms with Crippen LogP contribution in [0.5, 0.6) is 0 Å². The molecule has 21 heavy (non-hydrogen) atoms. The van der Waals surface area contributed by atoms with Gasteiger partial charge < -0.3 is 5.32 Å².